The monoisotopic (exact) mass is 437 g/mol. The van der Waals surface area contributed by atoms with Gasteiger partial charge in [-0.2, -0.15) is 13.2 Å². The molecule has 0 radical (unpaired) electrons. The first-order valence-corrected chi connectivity index (χ1v) is 10.8. The van der Waals surface area contributed by atoms with Crippen molar-refractivity contribution in [2.24, 2.45) is 11.8 Å². The van der Waals surface area contributed by atoms with Crippen LogP contribution in [0.2, 0.25) is 0 Å². The Kier molecular flexibility index (Phi) is 5.81. The Balaban J connectivity index is 1.28. The van der Waals surface area contributed by atoms with Gasteiger partial charge in [0.25, 0.3) is 0 Å². The third kappa shape index (κ3) is 5.00. The van der Waals surface area contributed by atoms with Crippen LogP contribution in [0.25, 0.3) is 0 Å². The Bertz CT molecular complexity index is 914. The van der Waals surface area contributed by atoms with Crippen molar-refractivity contribution < 1.29 is 22.8 Å². The lowest BCUT2D eigenvalue weighted by Gasteiger charge is -2.31. The third-order valence-electron chi connectivity index (χ3n) is 5.55. The first-order valence-electron chi connectivity index (χ1n) is 10.00. The van der Waals surface area contributed by atoms with Gasteiger partial charge < -0.3 is 10.2 Å². The number of thiazole rings is 1. The number of halogens is 3. The second-order valence-electron chi connectivity index (χ2n) is 7.87. The van der Waals surface area contributed by atoms with Crippen molar-refractivity contribution in [1.82, 2.24) is 9.88 Å². The average molecular weight is 437 g/mol. The van der Waals surface area contributed by atoms with E-state index in [0.29, 0.717) is 37.5 Å². The lowest BCUT2D eigenvalue weighted by molar-refractivity contribution is -0.137. The maximum absolute atomic E-state index is 12.7. The van der Waals surface area contributed by atoms with Crippen LogP contribution < -0.4 is 5.32 Å². The highest BCUT2D eigenvalue weighted by Crippen LogP contribution is 2.33. The van der Waals surface area contributed by atoms with E-state index in [1.54, 1.807) is 6.20 Å². The van der Waals surface area contributed by atoms with Crippen LogP contribution in [0.4, 0.5) is 18.3 Å². The Morgan fingerprint density at radius 3 is 2.33 bits per heavy atom. The molecule has 4 rings (SSSR count). The van der Waals surface area contributed by atoms with Crippen LogP contribution in [0.1, 0.15) is 41.7 Å². The Labute approximate surface area is 176 Å². The summed E-state index contributed by atoms with van der Waals surface area (Å²) in [4.78, 5) is 31.6. The zero-order valence-electron chi connectivity index (χ0n) is 16.2. The van der Waals surface area contributed by atoms with Crippen molar-refractivity contribution in [1.29, 1.82) is 0 Å². The molecule has 2 fully saturated rings. The Morgan fingerprint density at radius 1 is 1.07 bits per heavy atom. The number of nitrogens with one attached hydrogen (secondary N) is 1. The number of carbonyl (C=O) groups is 2. The van der Waals surface area contributed by atoms with Gasteiger partial charge in [-0.25, -0.2) is 4.98 Å². The van der Waals surface area contributed by atoms with E-state index in [1.807, 2.05) is 4.90 Å². The number of likely N-dealkylation sites (tertiary alicyclic amines) is 1. The molecule has 2 aliphatic rings. The zero-order valence-corrected chi connectivity index (χ0v) is 17.1. The van der Waals surface area contributed by atoms with Crippen molar-refractivity contribution in [3.05, 3.63) is 46.5 Å². The van der Waals surface area contributed by atoms with E-state index in [1.165, 1.54) is 23.5 Å². The van der Waals surface area contributed by atoms with E-state index >= 15 is 0 Å². The van der Waals surface area contributed by atoms with Crippen LogP contribution >= 0.6 is 11.3 Å². The van der Waals surface area contributed by atoms with Crippen LogP contribution in [-0.4, -0.2) is 34.8 Å². The first-order chi connectivity index (χ1) is 14.3. The van der Waals surface area contributed by atoms with Gasteiger partial charge in [0.2, 0.25) is 11.8 Å². The normalized spacial score (nSPS) is 17.8. The highest BCUT2D eigenvalue weighted by Gasteiger charge is 2.36. The molecule has 0 atom stereocenters. The predicted molar refractivity (Wildman–Crippen MR) is 107 cm³/mol. The molecule has 1 N–H and O–H groups in total. The van der Waals surface area contributed by atoms with Gasteiger partial charge in [0.15, 0.2) is 5.13 Å². The van der Waals surface area contributed by atoms with Gasteiger partial charge in [0.1, 0.15) is 0 Å². The minimum atomic E-state index is -4.35. The van der Waals surface area contributed by atoms with Crippen LogP contribution in [0.15, 0.2) is 30.5 Å². The van der Waals surface area contributed by atoms with Crippen molar-refractivity contribution in [3.8, 4) is 0 Å². The molecular formula is C21H22F3N3O2S. The summed E-state index contributed by atoms with van der Waals surface area (Å²) in [5.41, 5.74) is 0.0746. The molecule has 9 heteroatoms. The van der Waals surface area contributed by atoms with Gasteiger partial charge in [-0.1, -0.05) is 12.1 Å². The van der Waals surface area contributed by atoms with Gasteiger partial charge in [-0.05, 0) is 43.4 Å². The molecule has 160 valence electrons. The molecule has 0 bridgehead atoms. The number of hydrogen-bond acceptors (Lipinski definition) is 4. The van der Waals surface area contributed by atoms with Gasteiger partial charge >= 0.3 is 6.18 Å². The number of aromatic nitrogens is 1. The SMILES string of the molecule is O=C(Nc1ncc(Cc2ccc(C(F)(F)F)cc2)s1)C1CCN(C(=O)C2CC2)CC1. The molecule has 1 saturated heterocycles. The molecule has 1 aliphatic carbocycles. The number of amides is 2. The van der Waals surface area contributed by atoms with Crippen molar-refractivity contribution in [3.63, 3.8) is 0 Å². The lowest BCUT2D eigenvalue weighted by atomic mass is 9.95. The van der Waals surface area contributed by atoms with E-state index in [0.717, 1.165) is 35.4 Å². The highest BCUT2D eigenvalue weighted by molar-refractivity contribution is 7.15. The maximum Gasteiger partial charge on any atom is 0.416 e. The summed E-state index contributed by atoms with van der Waals surface area (Å²) in [6.07, 6.45) is 1.00. The molecule has 1 aromatic heterocycles. The molecule has 2 heterocycles. The van der Waals surface area contributed by atoms with Crippen LogP contribution in [0, 0.1) is 11.8 Å². The molecule has 1 aliphatic heterocycles. The number of rotatable bonds is 5. The van der Waals surface area contributed by atoms with E-state index in [4.69, 9.17) is 0 Å². The number of benzene rings is 1. The zero-order chi connectivity index (χ0) is 21.3. The van der Waals surface area contributed by atoms with Crippen molar-refractivity contribution in [2.45, 2.75) is 38.3 Å². The lowest BCUT2D eigenvalue weighted by Crippen LogP contribution is -2.42. The minimum Gasteiger partial charge on any atom is -0.342 e. The largest absolute Gasteiger partial charge is 0.416 e. The van der Waals surface area contributed by atoms with E-state index in [2.05, 4.69) is 10.3 Å². The summed E-state index contributed by atoms with van der Waals surface area (Å²) in [5, 5.41) is 3.33. The standard InChI is InChI=1S/C21H22F3N3O2S/c22-21(23,24)16-5-1-13(2-6-16)11-17-12-25-20(30-17)26-18(28)14-7-9-27(10-8-14)19(29)15-3-4-15/h1-2,5-6,12,14-15H,3-4,7-11H2,(H,25,26,28). The number of hydrogen-bond donors (Lipinski definition) is 1. The van der Waals surface area contributed by atoms with Crippen molar-refractivity contribution >= 4 is 28.3 Å². The summed E-state index contributed by atoms with van der Waals surface area (Å²) in [6.45, 7) is 1.23. The number of anilines is 1. The number of carbonyl (C=O) groups excluding carboxylic acids is 2. The average Bonchev–Trinajstić information content (AvgIpc) is 3.48. The molecule has 2 amide bonds. The van der Waals surface area contributed by atoms with Gasteiger partial charge in [0.05, 0.1) is 5.56 Å². The number of nitrogens with zero attached hydrogens (tertiary/aromatic N) is 2. The topological polar surface area (TPSA) is 62.3 Å². The molecule has 1 aromatic carbocycles. The van der Waals surface area contributed by atoms with Gasteiger partial charge in [0, 0.05) is 42.4 Å². The molecule has 0 unspecified atom stereocenters. The number of alkyl halides is 3. The summed E-state index contributed by atoms with van der Waals surface area (Å²) in [7, 11) is 0. The van der Waals surface area contributed by atoms with E-state index in [9.17, 15) is 22.8 Å². The second kappa shape index (κ2) is 8.37. The fourth-order valence-electron chi connectivity index (χ4n) is 3.62. The third-order valence-corrected chi connectivity index (χ3v) is 6.46. The predicted octanol–water partition coefficient (Wildman–Crippen LogP) is 4.34. The van der Waals surface area contributed by atoms with E-state index < -0.39 is 11.7 Å². The quantitative estimate of drug-likeness (QED) is 0.757. The molecular weight excluding hydrogens is 415 g/mol. The first kappa shape index (κ1) is 20.8. The number of piperidine rings is 1. The molecule has 1 saturated carbocycles. The summed E-state index contributed by atoms with van der Waals surface area (Å²) >= 11 is 1.32. The smallest absolute Gasteiger partial charge is 0.342 e. The Morgan fingerprint density at radius 2 is 1.73 bits per heavy atom. The maximum atomic E-state index is 12.7. The van der Waals surface area contributed by atoms with Crippen LogP contribution in [0.3, 0.4) is 0 Å². The van der Waals surface area contributed by atoms with Crippen molar-refractivity contribution in [2.75, 3.05) is 18.4 Å². The fraction of sp³-hybridized carbons (Fsp3) is 0.476. The second-order valence-corrected chi connectivity index (χ2v) is 8.98. The van der Waals surface area contributed by atoms with Crippen LogP contribution in [0.5, 0.6) is 0 Å². The van der Waals surface area contributed by atoms with E-state index in [-0.39, 0.29) is 23.7 Å². The highest BCUT2D eigenvalue weighted by atomic mass is 32.1. The minimum absolute atomic E-state index is 0.0936. The summed E-state index contributed by atoms with van der Waals surface area (Å²) in [6, 6.07) is 5.05. The van der Waals surface area contributed by atoms with Crippen LogP contribution in [-0.2, 0) is 22.2 Å². The van der Waals surface area contributed by atoms with Gasteiger partial charge in [-0.3, -0.25) is 9.59 Å². The molecule has 2 aromatic rings. The summed E-state index contributed by atoms with van der Waals surface area (Å²) in [5.74, 6) is 0.190. The summed E-state index contributed by atoms with van der Waals surface area (Å²) < 4.78 is 38.0. The molecule has 30 heavy (non-hydrogen) atoms. The Hall–Kier alpha value is -2.42. The molecule has 0 spiro atoms. The van der Waals surface area contributed by atoms with Gasteiger partial charge in [-0.15, -0.1) is 11.3 Å². The fourth-order valence-corrected chi connectivity index (χ4v) is 4.47. The molecule has 5 nitrogen and oxygen atoms in total.